The summed E-state index contributed by atoms with van der Waals surface area (Å²) in [7, 11) is 0. The molecule has 3 heteroatoms. The standard InChI is InChI=1S/C12H11FOS/c1-10(14)15-8-3-2-5-11-6-4-7-12(13)9-11/h4,6-7,9H,3,8H2,1H3. The number of hydrogen-bond acceptors (Lipinski definition) is 2. The van der Waals surface area contributed by atoms with E-state index in [1.54, 1.807) is 12.1 Å². The van der Waals surface area contributed by atoms with E-state index in [0.717, 1.165) is 0 Å². The lowest BCUT2D eigenvalue weighted by Crippen LogP contribution is -1.84. The van der Waals surface area contributed by atoms with Crippen LogP contribution >= 0.6 is 11.8 Å². The van der Waals surface area contributed by atoms with Gasteiger partial charge in [-0.3, -0.25) is 4.79 Å². The summed E-state index contributed by atoms with van der Waals surface area (Å²) in [5, 5.41) is 0.0996. The number of hydrogen-bond donors (Lipinski definition) is 0. The van der Waals surface area contributed by atoms with Crippen LogP contribution in [0, 0.1) is 17.7 Å². The van der Waals surface area contributed by atoms with Crippen molar-refractivity contribution >= 4 is 16.9 Å². The molecule has 0 saturated heterocycles. The number of rotatable bonds is 2. The van der Waals surface area contributed by atoms with Crippen molar-refractivity contribution in [2.75, 3.05) is 5.75 Å². The fourth-order valence-electron chi connectivity index (χ4n) is 0.977. The van der Waals surface area contributed by atoms with E-state index in [0.29, 0.717) is 17.7 Å². The molecule has 1 aromatic carbocycles. The zero-order chi connectivity index (χ0) is 11.1. The van der Waals surface area contributed by atoms with E-state index < -0.39 is 0 Å². The van der Waals surface area contributed by atoms with Crippen LogP contribution in [0.2, 0.25) is 0 Å². The average Bonchev–Trinajstić information content (AvgIpc) is 2.17. The van der Waals surface area contributed by atoms with Crippen molar-refractivity contribution in [2.45, 2.75) is 13.3 Å². The van der Waals surface area contributed by atoms with Gasteiger partial charge in [0.05, 0.1) is 0 Å². The zero-order valence-corrected chi connectivity index (χ0v) is 9.23. The van der Waals surface area contributed by atoms with Gasteiger partial charge in [-0.25, -0.2) is 4.39 Å². The predicted octanol–water partition coefficient (Wildman–Crippen LogP) is 2.85. The van der Waals surface area contributed by atoms with Crippen molar-refractivity contribution in [2.24, 2.45) is 0 Å². The molecule has 0 unspecified atom stereocenters. The highest BCUT2D eigenvalue weighted by atomic mass is 32.2. The topological polar surface area (TPSA) is 17.1 Å². The average molecular weight is 222 g/mol. The molecule has 0 saturated carbocycles. The largest absolute Gasteiger partial charge is 0.288 e. The highest BCUT2D eigenvalue weighted by molar-refractivity contribution is 8.13. The minimum absolute atomic E-state index is 0.0996. The van der Waals surface area contributed by atoms with Gasteiger partial charge in [-0.1, -0.05) is 29.7 Å². The minimum Gasteiger partial charge on any atom is -0.288 e. The van der Waals surface area contributed by atoms with E-state index in [1.807, 2.05) is 0 Å². The Morgan fingerprint density at radius 2 is 2.33 bits per heavy atom. The zero-order valence-electron chi connectivity index (χ0n) is 8.42. The lowest BCUT2D eigenvalue weighted by atomic mass is 10.2. The van der Waals surface area contributed by atoms with Crippen molar-refractivity contribution in [1.29, 1.82) is 0 Å². The first kappa shape index (κ1) is 11.8. The van der Waals surface area contributed by atoms with E-state index in [-0.39, 0.29) is 10.9 Å². The first-order chi connectivity index (χ1) is 7.18. The molecule has 1 aromatic rings. The summed E-state index contributed by atoms with van der Waals surface area (Å²) >= 11 is 1.25. The Kier molecular flexibility index (Phi) is 4.92. The number of thioether (sulfide) groups is 1. The summed E-state index contributed by atoms with van der Waals surface area (Å²) in [6, 6.07) is 6.17. The van der Waals surface area contributed by atoms with Crippen LogP contribution < -0.4 is 0 Å². The summed E-state index contributed by atoms with van der Waals surface area (Å²) < 4.78 is 12.7. The molecular formula is C12H11FOS. The fourth-order valence-corrected chi connectivity index (χ4v) is 1.47. The second-order valence-corrected chi connectivity index (χ2v) is 4.17. The summed E-state index contributed by atoms with van der Waals surface area (Å²) in [4.78, 5) is 10.6. The van der Waals surface area contributed by atoms with Gasteiger partial charge in [0.15, 0.2) is 5.12 Å². The molecule has 0 atom stereocenters. The second-order valence-electron chi connectivity index (χ2n) is 2.90. The van der Waals surface area contributed by atoms with Gasteiger partial charge < -0.3 is 0 Å². The monoisotopic (exact) mass is 222 g/mol. The Labute approximate surface area is 93.1 Å². The molecule has 0 N–H and O–H groups in total. The highest BCUT2D eigenvalue weighted by Crippen LogP contribution is 2.03. The number of halogens is 1. The lowest BCUT2D eigenvalue weighted by molar-refractivity contribution is -0.109. The third-order valence-electron chi connectivity index (χ3n) is 1.59. The third-order valence-corrected chi connectivity index (χ3v) is 2.40. The van der Waals surface area contributed by atoms with Crippen molar-refractivity contribution in [3.63, 3.8) is 0 Å². The molecule has 15 heavy (non-hydrogen) atoms. The highest BCUT2D eigenvalue weighted by Gasteiger charge is 1.91. The van der Waals surface area contributed by atoms with Crippen LogP contribution in [0.15, 0.2) is 24.3 Å². The van der Waals surface area contributed by atoms with E-state index in [9.17, 15) is 9.18 Å². The maximum atomic E-state index is 12.7. The third kappa shape index (κ3) is 5.24. The van der Waals surface area contributed by atoms with Crippen molar-refractivity contribution in [3.8, 4) is 11.8 Å². The molecule has 0 aliphatic heterocycles. The van der Waals surface area contributed by atoms with Crippen LogP contribution in [0.25, 0.3) is 0 Å². The maximum absolute atomic E-state index is 12.7. The van der Waals surface area contributed by atoms with E-state index >= 15 is 0 Å². The Hall–Kier alpha value is -1.27. The van der Waals surface area contributed by atoms with Crippen LogP contribution in [-0.2, 0) is 4.79 Å². The van der Waals surface area contributed by atoms with Gasteiger partial charge >= 0.3 is 0 Å². The summed E-state index contributed by atoms with van der Waals surface area (Å²) in [6.45, 7) is 1.53. The second kappa shape index (κ2) is 6.26. The molecule has 0 aromatic heterocycles. The molecule has 0 bridgehead atoms. The summed E-state index contributed by atoms with van der Waals surface area (Å²) in [5.74, 6) is 6.15. The van der Waals surface area contributed by atoms with Gasteiger partial charge in [0.1, 0.15) is 5.82 Å². The first-order valence-corrected chi connectivity index (χ1v) is 5.55. The predicted molar refractivity (Wildman–Crippen MR) is 61.0 cm³/mol. The molecule has 0 aliphatic carbocycles. The molecule has 0 amide bonds. The molecule has 1 rings (SSSR count). The molecular weight excluding hydrogens is 211 g/mol. The first-order valence-electron chi connectivity index (χ1n) is 4.56. The van der Waals surface area contributed by atoms with Crippen molar-refractivity contribution < 1.29 is 9.18 Å². The minimum atomic E-state index is -0.278. The summed E-state index contributed by atoms with van der Waals surface area (Å²) in [5.41, 5.74) is 0.669. The van der Waals surface area contributed by atoms with Gasteiger partial charge in [-0.05, 0) is 18.2 Å². The Bertz CT molecular complexity index is 404. The molecule has 0 heterocycles. The number of carbonyl (C=O) groups is 1. The van der Waals surface area contributed by atoms with Gasteiger partial charge in [0.25, 0.3) is 0 Å². The van der Waals surface area contributed by atoms with Crippen LogP contribution in [0.1, 0.15) is 18.9 Å². The van der Waals surface area contributed by atoms with Crippen LogP contribution in [0.3, 0.4) is 0 Å². The lowest BCUT2D eigenvalue weighted by Gasteiger charge is -1.90. The van der Waals surface area contributed by atoms with Crippen LogP contribution in [0.5, 0.6) is 0 Å². The van der Waals surface area contributed by atoms with Crippen LogP contribution in [-0.4, -0.2) is 10.9 Å². The Morgan fingerprint density at radius 1 is 1.53 bits per heavy atom. The fraction of sp³-hybridized carbons (Fsp3) is 0.250. The van der Waals surface area contributed by atoms with Crippen molar-refractivity contribution in [1.82, 2.24) is 0 Å². The molecule has 0 radical (unpaired) electrons. The van der Waals surface area contributed by atoms with E-state index in [2.05, 4.69) is 11.8 Å². The number of benzene rings is 1. The Balaban J connectivity index is 2.41. The normalized spacial score (nSPS) is 9.20. The number of carbonyl (C=O) groups excluding carboxylic acids is 1. The Morgan fingerprint density at radius 3 is 3.00 bits per heavy atom. The smallest absolute Gasteiger partial charge is 0.185 e. The van der Waals surface area contributed by atoms with E-state index in [1.165, 1.54) is 30.8 Å². The molecule has 0 fully saturated rings. The quantitative estimate of drug-likeness (QED) is 0.565. The molecule has 0 spiro atoms. The van der Waals surface area contributed by atoms with Gasteiger partial charge in [0, 0.05) is 24.7 Å². The van der Waals surface area contributed by atoms with Gasteiger partial charge in [-0.2, -0.15) is 0 Å². The SMILES string of the molecule is CC(=O)SCCC#Cc1cccc(F)c1. The molecule has 0 aliphatic rings. The van der Waals surface area contributed by atoms with Crippen molar-refractivity contribution in [3.05, 3.63) is 35.6 Å². The summed E-state index contributed by atoms with van der Waals surface area (Å²) in [6.07, 6.45) is 0.640. The van der Waals surface area contributed by atoms with E-state index in [4.69, 9.17) is 0 Å². The maximum Gasteiger partial charge on any atom is 0.185 e. The van der Waals surface area contributed by atoms with Gasteiger partial charge in [-0.15, -0.1) is 0 Å². The molecule has 78 valence electrons. The van der Waals surface area contributed by atoms with Gasteiger partial charge in [0.2, 0.25) is 0 Å². The van der Waals surface area contributed by atoms with Crippen LogP contribution in [0.4, 0.5) is 4.39 Å². The molecule has 1 nitrogen and oxygen atoms in total.